The maximum atomic E-state index is 13.2. The number of carbonyl (C=O) groups excluding carboxylic acids is 1. The molecular formula is C17H17ClFN3O2S. The van der Waals surface area contributed by atoms with Crippen LogP contribution in [0.5, 0.6) is 0 Å². The lowest BCUT2D eigenvalue weighted by molar-refractivity contribution is -0.116. The predicted molar refractivity (Wildman–Crippen MR) is 97.0 cm³/mol. The Bertz CT molecular complexity index is 900. The molecule has 1 amide bonds. The zero-order valence-electron chi connectivity index (χ0n) is 13.8. The molecule has 1 atom stereocenters. The molecule has 0 aliphatic carbocycles. The Kier molecular flexibility index (Phi) is 5.15. The van der Waals surface area contributed by atoms with Crippen LogP contribution in [0.4, 0.5) is 10.1 Å². The Morgan fingerprint density at radius 1 is 1.52 bits per heavy atom. The smallest absolute Gasteiger partial charge is 0.257 e. The SMILES string of the molecule is CCc1c(C)nc2n(c1=O)C(CC(=O)Nc1ccc(F)c(Cl)c1)CS2. The molecule has 0 radical (unpaired) electrons. The van der Waals surface area contributed by atoms with E-state index in [0.29, 0.717) is 28.6 Å². The average Bonchev–Trinajstić information content (AvgIpc) is 2.94. The van der Waals surface area contributed by atoms with Crippen LogP contribution in [0.3, 0.4) is 0 Å². The van der Waals surface area contributed by atoms with Gasteiger partial charge in [-0.25, -0.2) is 9.37 Å². The first-order chi connectivity index (χ1) is 11.9. The van der Waals surface area contributed by atoms with Gasteiger partial charge in [0.2, 0.25) is 5.91 Å². The Morgan fingerprint density at radius 2 is 2.28 bits per heavy atom. The molecule has 25 heavy (non-hydrogen) atoms. The zero-order valence-corrected chi connectivity index (χ0v) is 15.4. The molecule has 5 nitrogen and oxygen atoms in total. The Morgan fingerprint density at radius 3 is 2.96 bits per heavy atom. The average molecular weight is 382 g/mol. The highest BCUT2D eigenvalue weighted by Gasteiger charge is 2.29. The van der Waals surface area contributed by atoms with E-state index in [2.05, 4.69) is 10.3 Å². The second-order valence-electron chi connectivity index (χ2n) is 5.83. The molecule has 1 aliphatic rings. The van der Waals surface area contributed by atoms with E-state index in [4.69, 9.17) is 11.6 Å². The van der Waals surface area contributed by atoms with Crippen molar-refractivity contribution in [3.8, 4) is 0 Å². The number of anilines is 1. The second-order valence-corrected chi connectivity index (χ2v) is 7.23. The number of aromatic nitrogens is 2. The first-order valence-electron chi connectivity index (χ1n) is 7.90. The minimum absolute atomic E-state index is 0.0527. The van der Waals surface area contributed by atoms with Crippen molar-refractivity contribution >= 4 is 35.0 Å². The zero-order chi connectivity index (χ0) is 18.1. The molecule has 0 bridgehead atoms. The summed E-state index contributed by atoms with van der Waals surface area (Å²) in [6.45, 7) is 3.75. The van der Waals surface area contributed by atoms with Crippen LogP contribution in [0.25, 0.3) is 0 Å². The predicted octanol–water partition coefficient (Wildman–Crippen LogP) is 3.58. The molecule has 3 rings (SSSR count). The summed E-state index contributed by atoms with van der Waals surface area (Å²) < 4.78 is 14.8. The molecule has 8 heteroatoms. The van der Waals surface area contributed by atoms with Gasteiger partial charge in [-0.1, -0.05) is 30.3 Å². The number of amides is 1. The van der Waals surface area contributed by atoms with Crippen LogP contribution in [0, 0.1) is 12.7 Å². The summed E-state index contributed by atoms with van der Waals surface area (Å²) in [5.74, 6) is -0.181. The van der Waals surface area contributed by atoms with Crippen molar-refractivity contribution < 1.29 is 9.18 Å². The van der Waals surface area contributed by atoms with Gasteiger partial charge in [0.25, 0.3) is 5.56 Å². The summed E-state index contributed by atoms with van der Waals surface area (Å²) >= 11 is 7.20. The number of halogens is 2. The molecule has 1 aromatic carbocycles. The quantitative estimate of drug-likeness (QED) is 0.822. The summed E-state index contributed by atoms with van der Waals surface area (Å²) in [7, 11) is 0. The molecule has 132 valence electrons. The number of aryl methyl sites for hydroxylation is 1. The van der Waals surface area contributed by atoms with Crippen molar-refractivity contribution in [1.82, 2.24) is 9.55 Å². The van der Waals surface area contributed by atoms with E-state index in [9.17, 15) is 14.0 Å². The molecule has 1 aliphatic heterocycles. The minimum atomic E-state index is -0.541. The third-order valence-electron chi connectivity index (χ3n) is 4.13. The standard InChI is InChI=1S/C17H17ClFN3O2S/c1-3-12-9(2)20-17-22(16(12)24)11(8-25-17)7-15(23)21-10-4-5-14(19)13(18)6-10/h4-6,11H,3,7-8H2,1-2H3,(H,21,23). The molecule has 2 heterocycles. The van der Waals surface area contributed by atoms with Crippen LogP contribution in [-0.2, 0) is 11.2 Å². The lowest BCUT2D eigenvalue weighted by Gasteiger charge is -2.15. The van der Waals surface area contributed by atoms with E-state index in [1.54, 1.807) is 4.57 Å². The molecule has 0 spiro atoms. The van der Waals surface area contributed by atoms with Crippen LogP contribution in [-0.4, -0.2) is 21.2 Å². The molecule has 0 fully saturated rings. The third kappa shape index (κ3) is 3.57. The van der Waals surface area contributed by atoms with Crippen molar-refractivity contribution in [2.45, 2.75) is 37.9 Å². The van der Waals surface area contributed by atoms with Crippen LogP contribution in [0.2, 0.25) is 5.02 Å². The lowest BCUT2D eigenvalue weighted by Crippen LogP contribution is -2.30. The van der Waals surface area contributed by atoms with Crippen molar-refractivity contribution in [1.29, 1.82) is 0 Å². The first-order valence-corrected chi connectivity index (χ1v) is 9.26. The van der Waals surface area contributed by atoms with Gasteiger partial charge >= 0.3 is 0 Å². The molecule has 1 unspecified atom stereocenters. The molecular weight excluding hydrogens is 365 g/mol. The van der Waals surface area contributed by atoms with Gasteiger partial charge in [-0.3, -0.25) is 14.2 Å². The molecule has 1 aromatic heterocycles. The number of fused-ring (bicyclic) bond motifs is 1. The van der Waals surface area contributed by atoms with Gasteiger partial charge in [-0.2, -0.15) is 0 Å². The maximum Gasteiger partial charge on any atom is 0.257 e. The summed E-state index contributed by atoms with van der Waals surface area (Å²) in [6.07, 6.45) is 0.748. The van der Waals surface area contributed by atoms with E-state index in [-0.39, 0.29) is 29.0 Å². The van der Waals surface area contributed by atoms with Crippen LogP contribution < -0.4 is 10.9 Å². The van der Waals surface area contributed by atoms with Crippen LogP contribution in [0.1, 0.15) is 30.6 Å². The van der Waals surface area contributed by atoms with Gasteiger partial charge in [0.05, 0.1) is 11.1 Å². The van der Waals surface area contributed by atoms with Crippen molar-refractivity contribution in [3.05, 3.63) is 50.7 Å². The summed E-state index contributed by atoms with van der Waals surface area (Å²) in [5.41, 5.74) is 1.78. The van der Waals surface area contributed by atoms with Gasteiger partial charge in [-0.05, 0) is 31.5 Å². The molecule has 0 saturated heterocycles. The minimum Gasteiger partial charge on any atom is -0.326 e. The number of nitrogens with zero attached hydrogens (tertiary/aromatic N) is 2. The fraction of sp³-hybridized carbons (Fsp3) is 0.353. The molecule has 0 saturated carbocycles. The Hall–Kier alpha value is -1.86. The first kappa shape index (κ1) is 17.9. The highest BCUT2D eigenvalue weighted by Crippen LogP contribution is 2.33. The topological polar surface area (TPSA) is 64.0 Å². The van der Waals surface area contributed by atoms with E-state index in [1.165, 1.54) is 30.0 Å². The Balaban J connectivity index is 1.78. The van der Waals surface area contributed by atoms with Crippen LogP contribution >= 0.6 is 23.4 Å². The number of benzene rings is 1. The maximum absolute atomic E-state index is 13.2. The van der Waals surface area contributed by atoms with E-state index >= 15 is 0 Å². The van der Waals surface area contributed by atoms with E-state index in [0.717, 1.165) is 5.69 Å². The van der Waals surface area contributed by atoms with Gasteiger partial charge in [0.1, 0.15) is 5.82 Å². The summed E-state index contributed by atoms with van der Waals surface area (Å²) in [6, 6.07) is 3.76. The van der Waals surface area contributed by atoms with E-state index in [1.807, 2.05) is 13.8 Å². The number of hydrogen-bond donors (Lipinski definition) is 1. The van der Waals surface area contributed by atoms with Gasteiger partial charge < -0.3 is 5.32 Å². The van der Waals surface area contributed by atoms with Gasteiger partial charge in [0.15, 0.2) is 5.16 Å². The summed E-state index contributed by atoms with van der Waals surface area (Å²) in [4.78, 5) is 29.5. The van der Waals surface area contributed by atoms with Crippen molar-refractivity contribution in [3.63, 3.8) is 0 Å². The normalized spacial score (nSPS) is 15.9. The molecule has 1 N–H and O–H groups in total. The summed E-state index contributed by atoms with van der Waals surface area (Å²) in [5, 5.41) is 3.29. The number of rotatable bonds is 4. The van der Waals surface area contributed by atoms with Crippen molar-refractivity contribution in [2.75, 3.05) is 11.1 Å². The highest BCUT2D eigenvalue weighted by atomic mass is 35.5. The van der Waals surface area contributed by atoms with Crippen molar-refractivity contribution in [2.24, 2.45) is 0 Å². The van der Waals surface area contributed by atoms with Crippen LogP contribution in [0.15, 0.2) is 28.2 Å². The number of hydrogen-bond acceptors (Lipinski definition) is 4. The van der Waals surface area contributed by atoms with E-state index < -0.39 is 5.82 Å². The number of carbonyl (C=O) groups is 1. The highest BCUT2D eigenvalue weighted by molar-refractivity contribution is 7.99. The fourth-order valence-corrected chi connectivity index (χ4v) is 4.24. The molecule has 2 aromatic rings. The third-order valence-corrected chi connectivity index (χ3v) is 5.52. The second kappa shape index (κ2) is 7.17. The largest absolute Gasteiger partial charge is 0.326 e. The monoisotopic (exact) mass is 381 g/mol. The number of thioether (sulfide) groups is 1. The van der Waals surface area contributed by atoms with Gasteiger partial charge in [-0.15, -0.1) is 0 Å². The number of nitrogens with one attached hydrogen (secondary N) is 1. The Labute approximate surface area is 153 Å². The fourth-order valence-electron chi connectivity index (χ4n) is 2.88. The lowest BCUT2D eigenvalue weighted by atomic mass is 10.1. The van der Waals surface area contributed by atoms with Gasteiger partial charge in [0, 0.05) is 29.1 Å².